The Bertz CT molecular complexity index is 1080. The second-order valence-corrected chi connectivity index (χ2v) is 6.83. The number of anilines is 1. The maximum absolute atomic E-state index is 13.4. The molecule has 4 nitrogen and oxygen atoms in total. The molecule has 0 bridgehead atoms. The summed E-state index contributed by atoms with van der Waals surface area (Å²) in [6.07, 6.45) is 0. The third kappa shape index (κ3) is 1.82. The Morgan fingerprint density at radius 3 is 2.37 bits per heavy atom. The zero-order chi connectivity index (χ0) is 18.6. The lowest BCUT2D eigenvalue weighted by molar-refractivity contribution is -0.143. The van der Waals surface area contributed by atoms with Crippen molar-refractivity contribution in [3.63, 3.8) is 0 Å². The molecular weight excluding hydrogens is 338 g/mol. The largest absolute Gasteiger partial charge is 0.468 e. The van der Waals surface area contributed by atoms with Crippen molar-refractivity contribution in [1.82, 2.24) is 0 Å². The van der Waals surface area contributed by atoms with E-state index in [4.69, 9.17) is 4.74 Å². The van der Waals surface area contributed by atoms with E-state index >= 15 is 0 Å². The minimum Gasteiger partial charge on any atom is -0.468 e. The zero-order valence-electron chi connectivity index (χ0n) is 14.8. The Balaban J connectivity index is 1.94. The van der Waals surface area contributed by atoms with Gasteiger partial charge < -0.3 is 4.74 Å². The number of benzene rings is 3. The van der Waals surface area contributed by atoms with Crippen LogP contribution in [0.5, 0.6) is 0 Å². The molecule has 0 aromatic heterocycles. The van der Waals surface area contributed by atoms with Gasteiger partial charge in [0.25, 0.3) is 5.91 Å². The van der Waals surface area contributed by atoms with Crippen molar-refractivity contribution in [3.05, 3.63) is 101 Å². The molecule has 3 aromatic rings. The third-order valence-corrected chi connectivity index (χ3v) is 5.68. The Morgan fingerprint density at radius 1 is 0.926 bits per heavy atom. The molecule has 5 rings (SSSR count). The van der Waals surface area contributed by atoms with Crippen LogP contribution in [0.4, 0.5) is 5.69 Å². The predicted octanol–water partition coefficient (Wildman–Crippen LogP) is 3.86. The van der Waals surface area contributed by atoms with E-state index in [-0.39, 0.29) is 11.9 Å². The van der Waals surface area contributed by atoms with E-state index in [1.165, 1.54) is 7.11 Å². The van der Waals surface area contributed by atoms with E-state index in [2.05, 4.69) is 0 Å². The Morgan fingerprint density at radius 2 is 1.59 bits per heavy atom. The minimum atomic E-state index is -0.939. The summed E-state index contributed by atoms with van der Waals surface area (Å²) < 4.78 is 5.22. The topological polar surface area (TPSA) is 46.6 Å². The first kappa shape index (κ1) is 15.8. The lowest BCUT2D eigenvalue weighted by atomic mass is 9.73. The van der Waals surface area contributed by atoms with Gasteiger partial charge in [-0.15, -0.1) is 0 Å². The van der Waals surface area contributed by atoms with E-state index in [9.17, 15) is 9.59 Å². The average molecular weight is 355 g/mol. The van der Waals surface area contributed by atoms with Gasteiger partial charge in [0.2, 0.25) is 0 Å². The van der Waals surface area contributed by atoms with Gasteiger partial charge in [-0.25, -0.2) is 0 Å². The summed E-state index contributed by atoms with van der Waals surface area (Å²) in [6, 6.07) is 24.9. The first-order valence-corrected chi connectivity index (χ1v) is 8.87. The lowest BCUT2D eigenvalue weighted by Crippen LogP contribution is -2.47. The Labute approximate surface area is 157 Å². The summed E-state index contributed by atoms with van der Waals surface area (Å²) >= 11 is 0. The van der Waals surface area contributed by atoms with Crippen LogP contribution in [0.15, 0.2) is 78.9 Å². The highest BCUT2D eigenvalue weighted by molar-refractivity contribution is 6.16. The third-order valence-electron chi connectivity index (χ3n) is 5.68. The molecule has 0 radical (unpaired) electrons. The van der Waals surface area contributed by atoms with E-state index in [0.717, 1.165) is 22.4 Å². The summed E-state index contributed by atoms with van der Waals surface area (Å²) in [5, 5.41) is 0. The molecule has 0 N–H and O–H groups in total. The van der Waals surface area contributed by atoms with Gasteiger partial charge in [0, 0.05) is 11.3 Å². The van der Waals surface area contributed by atoms with Gasteiger partial charge in [-0.3, -0.25) is 14.5 Å². The second kappa shape index (κ2) is 5.55. The van der Waals surface area contributed by atoms with Crippen molar-refractivity contribution in [2.75, 3.05) is 12.0 Å². The minimum absolute atomic E-state index is 0.0895. The molecule has 0 unspecified atom stereocenters. The first-order valence-electron chi connectivity index (χ1n) is 8.87. The van der Waals surface area contributed by atoms with E-state index in [0.29, 0.717) is 5.56 Å². The maximum Gasteiger partial charge on any atom is 0.316 e. The molecule has 0 saturated carbocycles. The standard InChI is InChI=1S/C23H17NO3/c1-27-22(26)20-17-12-6-8-14-19(17)24-21(25)16-11-5-7-13-18(16)23(20,24)15-9-3-2-4-10-15/h2-14,20H,1H3/t20-,23+/m0/s1. The van der Waals surface area contributed by atoms with Gasteiger partial charge in [0.15, 0.2) is 0 Å². The molecule has 4 heteroatoms. The molecule has 0 fully saturated rings. The normalized spacial score (nSPS) is 22.2. The van der Waals surface area contributed by atoms with Crippen molar-refractivity contribution in [2.45, 2.75) is 11.5 Å². The molecule has 2 atom stereocenters. The average Bonchev–Trinajstić information content (AvgIpc) is 3.18. The summed E-state index contributed by atoms with van der Waals surface area (Å²) in [4.78, 5) is 28.3. The smallest absolute Gasteiger partial charge is 0.316 e. The Kier molecular flexibility index (Phi) is 3.25. The molecule has 0 aliphatic carbocycles. The summed E-state index contributed by atoms with van der Waals surface area (Å²) in [7, 11) is 1.40. The number of carbonyl (C=O) groups is 2. The summed E-state index contributed by atoms with van der Waals surface area (Å²) in [6.45, 7) is 0. The predicted molar refractivity (Wildman–Crippen MR) is 102 cm³/mol. The highest BCUT2D eigenvalue weighted by atomic mass is 16.5. The fraction of sp³-hybridized carbons (Fsp3) is 0.130. The quantitative estimate of drug-likeness (QED) is 0.656. The number of hydrogen-bond donors (Lipinski definition) is 0. The number of rotatable bonds is 2. The van der Waals surface area contributed by atoms with E-state index < -0.39 is 11.5 Å². The van der Waals surface area contributed by atoms with E-state index in [1.54, 1.807) is 4.90 Å². The number of ether oxygens (including phenoxy) is 1. The van der Waals surface area contributed by atoms with Crippen molar-refractivity contribution >= 4 is 17.6 Å². The van der Waals surface area contributed by atoms with Gasteiger partial charge in [-0.2, -0.15) is 0 Å². The van der Waals surface area contributed by atoms with Gasteiger partial charge in [0.1, 0.15) is 11.5 Å². The molecule has 3 aromatic carbocycles. The molecule has 27 heavy (non-hydrogen) atoms. The van der Waals surface area contributed by atoms with Gasteiger partial charge in [0.05, 0.1) is 7.11 Å². The lowest BCUT2D eigenvalue weighted by Gasteiger charge is -2.37. The molecule has 132 valence electrons. The van der Waals surface area contributed by atoms with Crippen molar-refractivity contribution in [2.24, 2.45) is 0 Å². The first-order chi connectivity index (χ1) is 13.2. The highest BCUT2D eigenvalue weighted by Gasteiger charge is 2.63. The van der Waals surface area contributed by atoms with Crippen molar-refractivity contribution < 1.29 is 14.3 Å². The number of para-hydroxylation sites is 1. The fourth-order valence-electron chi connectivity index (χ4n) is 4.71. The number of fused-ring (bicyclic) bond motifs is 5. The number of esters is 1. The molecule has 1 amide bonds. The van der Waals surface area contributed by atoms with Gasteiger partial charge >= 0.3 is 5.97 Å². The van der Waals surface area contributed by atoms with Crippen LogP contribution in [0.2, 0.25) is 0 Å². The van der Waals surface area contributed by atoms with Crippen LogP contribution in [0.25, 0.3) is 0 Å². The SMILES string of the molecule is COC(=O)[C@@H]1c2ccccc2N2C(=O)c3ccccc3[C@]12c1ccccc1. The number of hydrogen-bond acceptors (Lipinski definition) is 3. The fourth-order valence-corrected chi connectivity index (χ4v) is 4.71. The summed E-state index contributed by atoms with van der Waals surface area (Å²) in [5.41, 5.74) is 3.01. The van der Waals surface area contributed by atoms with Crippen molar-refractivity contribution in [1.29, 1.82) is 0 Å². The molecular formula is C23H17NO3. The highest BCUT2D eigenvalue weighted by Crippen LogP contribution is 2.61. The molecule has 0 saturated heterocycles. The van der Waals surface area contributed by atoms with Crippen LogP contribution in [0.3, 0.4) is 0 Å². The zero-order valence-corrected chi connectivity index (χ0v) is 14.8. The monoisotopic (exact) mass is 355 g/mol. The number of nitrogens with zero attached hydrogens (tertiary/aromatic N) is 1. The van der Waals surface area contributed by atoms with Gasteiger partial charge in [-0.05, 0) is 28.8 Å². The van der Waals surface area contributed by atoms with Crippen LogP contribution >= 0.6 is 0 Å². The van der Waals surface area contributed by atoms with Crippen LogP contribution in [-0.4, -0.2) is 19.0 Å². The Hall–Kier alpha value is -3.40. The molecule has 2 aliphatic rings. The molecule has 2 aliphatic heterocycles. The number of methoxy groups -OCH3 is 1. The van der Waals surface area contributed by atoms with Crippen LogP contribution < -0.4 is 4.90 Å². The number of carbonyl (C=O) groups excluding carboxylic acids is 2. The van der Waals surface area contributed by atoms with E-state index in [1.807, 2.05) is 78.9 Å². The van der Waals surface area contributed by atoms with Crippen molar-refractivity contribution in [3.8, 4) is 0 Å². The van der Waals surface area contributed by atoms with Gasteiger partial charge in [-0.1, -0.05) is 66.7 Å². The van der Waals surface area contributed by atoms with Crippen LogP contribution in [0, 0.1) is 0 Å². The van der Waals surface area contributed by atoms with Crippen LogP contribution in [-0.2, 0) is 15.1 Å². The molecule has 2 heterocycles. The van der Waals surface area contributed by atoms with Crippen LogP contribution in [0.1, 0.15) is 33.0 Å². The summed E-state index contributed by atoms with van der Waals surface area (Å²) in [5.74, 6) is -1.07. The number of amides is 1. The maximum atomic E-state index is 13.4. The molecule has 0 spiro atoms. The second-order valence-electron chi connectivity index (χ2n) is 6.83.